The lowest BCUT2D eigenvalue weighted by Gasteiger charge is -2.18. The molecule has 0 atom stereocenters. The minimum absolute atomic E-state index is 0.979. The predicted octanol–water partition coefficient (Wildman–Crippen LogP) is 2.07. The van der Waals surface area contributed by atoms with E-state index in [-0.39, 0.29) is 0 Å². The second kappa shape index (κ2) is 4.16. The SMILES string of the molecule is CCNC1=C(C=N)CCCC1. The van der Waals surface area contributed by atoms with Crippen LogP contribution < -0.4 is 5.32 Å². The van der Waals surface area contributed by atoms with E-state index in [0.29, 0.717) is 0 Å². The second-order valence-corrected chi connectivity index (χ2v) is 2.89. The molecule has 62 valence electrons. The highest BCUT2D eigenvalue weighted by Gasteiger charge is 2.08. The quantitative estimate of drug-likeness (QED) is 0.597. The van der Waals surface area contributed by atoms with E-state index in [1.54, 1.807) is 0 Å². The maximum Gasteiger partial charge on any atom is 0.0227 e. The van der Waals surface area contributed by atoms with Crippen molar-refractivity contribution in [3.8, 4) is 0 Å². The van der Waals surface area contributed by atoms with Gasteiger partial charge in [0.1, 0.15) is 0 Å². The van der Waals surface area contributed by atoms with Crippen LogP contribution in [0.25, 0.3) is 0 Å². The smallest absolute Gasteiger partial charge is 0.0227 e. The standard InChI is InChI=1S/C9H16N2/c1-2-11-9-6-4-3-5-8(9)7-10/h7,10-11H,2-6H2,1H3. The van der Waals surface area contributed by atoms with Gasteiger partial charge in [-0.15, -0.1) is 0 Å². The first-order valence-corrected chi connectivity index (χ1v) is 4.35. The van der Waals surface area contributed by atoms with Gasteiger partial charge in [0.15, 0.2) is 0 Å². The van der Waals surface area contributed by atoms with Crippen molar-refractivity contribution in [1.29, 1.82) is 5.41 Å². The Kier molecular flexibility index (Phi) is 3.14. The minimum atomic E-state index is 0.979. The molecule has 0 unspecified atom stereocenters. The molecule has 0 bridgehead atoms. The second-order valence-electron chi connectivity index (χ2n) is 2.89. The van der Waals surface area contributed by atoms with Gasteiger partial charge in [-0.2, -0.15) is 0 Å². The molecule has 0 saturated carbocycles. The molecule has 0 aromatic carbocycles. The Morgan fingerprint density at radius 2 is 2.18 bits per heavy atom. The number of allylic oxidation sites excluding steroid dienone is 2. The lowest BCUT2D eigenvalue weighted by molar-refractivity contribution is 0.638. The topological polar surface area (TPSA) is 35.9 Å². The minimum Gasteiger partial charge on any atom is -0.388 e. The van der Waals surface area contributed by atoms with Crippen LogP contribution in [0.5, 0.6) is 0 Å². The van der Waals surface area contributed by atoms with E-state index in [1.165, 1.54) is 30.3 Å². The van der Waals surface area contributed by atoms with Gasteiger partial charge in [-0.1, -0.05) is 0 Å². The molecule has 0 amide bonds. The normalized spacial score (nSPS) is 18.3. The van der Waals surface area contributed by atoms with Gasteiger partial charge in [0.25, 0.3) is 0 Å². The van der Waals surface area contributed by atoms with Crippen molar-refractivity contribution in [1.82, 2.24) is 5.32 Å². The van der Waals surface area contributed by atoms with Gasteiger partial charge in [-0.25, -0.2) is 0 Å². The average molecular weight is 152 g/mol. The summed E-state index contributed by atoms with van der Waals surface area (Å²) in [5.41, 5.74) is 2.51. The molecule has 0 spiro atoms. The summed E-state index contributed by atoms with van der Waals surface area (Å²) in [5, 5.41) is 10.5. The highest BCUT2D eigenvalue weighted by atomic mass is 14.9. The molecule has 0 fully saturated rings. The number of hydrogen-bond acceptors (Lipinski definition) is 2. The van der Waals surface area contributed by atoms with E-state index < -0.39 is 0 Å². The van der Waals surface area contributed by atoms with Crippen molar-refractivity contribution in [3.05, 3.63) is 11.3 Å². The summed E-state index contributed by atoms with van der Waals surface area (Å²) in [7, 11) is 0. The fourth-order valence-corrected chi connectivity index (χ4v) is 1.50. The summed E-state index contributed by atoms with van der Waals surface area (Å²) < 4.78 is 0. The molecule has 11 heavy (non-hydrogen) atoms. The zero-order valence-corrected chi connectivity index (χ0v) is 7.11. The van der Waals surface area contributed by atoms with Crippen LogP contribution >= 0.6 is 0 Å². The Morgan fingerprint density at radius 1 is 1.45 bits per heavy atom. The fraction of sp³-hybridized carbons (Fsp3) is 0.667. The van der Waals surface area contributed by atoms with Gasteiger partial charge in [0.2, 0.25) is 0 Å². The fourth-order valence-electron chi connectivity index (χ4n) is 1.50. The summed E-state index contributed by atoms with van der Waals surface area (Å²) in [6.07, 6.45) is 6.25. The predicted molar refractivity (Wildman–Crippen MR) is 48.0 cm³/mol. The summed E-state index contributed by atoms with van der Waals surface area (Å²) in [6, 6.07) is 0. The molecule has 0 aromatic heterocycles. The molecule has 0 radical (unpaired) electrons. The first-order chi connectivity index (χ1) is 5.38. The van der Waals surface area contributed by atoms with Crippen LogP contribution in [0.2, 0.25) is 0 Å². The van der Waals surface area contributed by atoms with Crippen molar-refractivity contribution in [2.75, 3.05) is 6.54 Å². The average Bonchev–Trinajstić information content (AvgIpc) is 2.06. The monoisotopic (exact) mass is 152 g/mol. The third kappa shape index (κ3) is 2.07. The van der Waals surface area contributed by atoms with Crippen molar-refractivity contribution < 1.29 is 0 Å². The van der Waals surface area contributed by atoms with Gasteiger partial charge in [-0.3, -0.25) is 0 Å². The zero-order valence-electron chi connectivity index (χ0n) is 7.11. The van der Waals surface area contributed by atoms with E-state index >= 15 is 0 Å². The molecule has 0 aromatic rings. The summed E-state index contributed by atoms with van der Waals surface area (Å²) in [6.45, 7) is 3.08. The van der Waals surface area contributed by atoms with E-state index in [9.17, 15) is 0 Å². The summed E-state index contributed by atoms with van der Waals surface area (Å²) in [5.74, 6) is 0. The number of nitrogens with one attached hydrogen (secondary N) is 2. The Bertz CT molecular complexity index is 170. The van der Waals surface area contributed by atoms with Crippen molar-refractivity contribution in [2.45, 2.75) is 32.6 Å². The van der Waals surface area contributed by atoms with E-state index in [0.717, 1.165) is 19.4 Å². The highest BCUT2D eigenvalue weighted by molar-refractivity contribution is 5.77. The van der Waals surface area contributed by atoms with Crippen LogP contribution in [0.4, 0.5) is 0 Å². The Balaban J connectivity index is 2.64. The number of hydrogen-bond donors (Lipinski definition) is 2. The molecule has 1 aliphatic carbocycles. The van der Waals surface area contributed by atoms with Gasteiger partial charge in [0.05, 0.1) is 0 Å². The summed E-state index contributed by atoms with van der Waals surface area (Å²) >= 11 is 0. The maximum absolute atomic E-state index is 7.18. The van der Waals surface area contributed by atoms with Crippen molar-refractivity contribution in [3.63, 3.8) is 0 Å². The van der Waals surface area contributed by atoms with Crippen LogP contribution in [0.1, 0.15) is 32.6 Å². The first kappa shape index (κ1) is 8.31. The molecule has 2 nitrogen and oxygen atoms in total. The Labute approximate surface area is 68.2 Å². The van der Waals surface area contributed by atoms with Crippen LogP contribution in [0, 0.1) is 5.41 Å². The Morgan fingerprint density at radius 3 is 2.82 bits per heavy atom. The van der Waals surface area contributed by atoms with Crippen LogP contribution in [0.3, 0.4) is 0 Å². The third-order valence-electron chi connectivity index (χ3n) is 2.07. The molecule has 2 heteroatoms. The first-order valence-electron chi connectivity index (χ1n) is 4.35. The largest absolute Gasteiger partial charge is 0.388 e. The van der Waals surface area contributed by atoms with E-state index in [1.807, 2.05) is 0 Å². The molecule has 0 aliphatic heterocycles. The van der Waals surface area contributed by atoms with Gasteiger partial charge < -0.3 is 10.7 Å². The lowest BCUT2D eigenvalue weighted by atomic mass is 9.97. The molecule has 1 aliphatic rings. The molecule has 0 saturated heterocycles. The maximum atomic E-state index is 7.18. The highest BCUT2D eigenvalue weighted by Crippen LogP contribution is 2.20. The third-order valence-corrected chi connectivity index (χ3v) is 2.07. The van der Waals surface area contributed by atoms with Crippen LogP contribution in [0.15, 0.2) is 11.3 Å². The molecule has 1 rings (SSSR count). The van der Waals surface area contributed by atoms with Crippen molar-refractivity contribution in [2.24, 2.45) is 0 Å². The summed E-state index contributed by atoms with van der Waals surface area (Å²) in [4.78, 5) is 0. The molecular weight excluding hydrogens is 136 g/mol. The molecule has 0 heterocycles. The lowest BCUT2D eigenvalue weighted by Crippen LogP contribution is -2.17. The Hall–Kier alpha value is -0.790. The zero-order chi connectivity index (χ0) is 8.10. The van der Waals surface area contributed by atoms with Gasteiger partial charge in [-0.05, 0) is 38.2 Å². The molecule has 2 N–H and O–H groups in total. The molecular formula is C9H16N2. The van der Waals surface area contributed by atoms with Gasteiger partial charge >= 0.3 is 0 Å². The van der Waals surface area contributed by atoms with Crippen molar-refractivity contribution >= 4 is 6.21 Å². The van der Waals surface area contributed by atoms with Gasteiger partial charge in [0, 0.05) is 18.5 Å². The van der Waals surface area contributed by atoms with E-state index in [2.05, 4.69) is 12.2 Å². The van der Waals surface area contributed by atoms with E-state index in [4.69, 9.17) is 5.41 Å². The van der Waals surface area contributed by atoms with Crippen LogP contribution in [-0.2, 0) is 0 Å². The van der Waals surface area contributed by atoms with Crippen LogP contribution in [-0.4, -0.2) is 12.8 Å². The number of rotatable bonds is 3.